The molecule has 1 unspecified atom stereocenters. The van der Waals surface area contributed by atoms with Crippen molar-refractivity contribution in [1.82, 2.24) is 4.31 Å². The molecule has 1 rings (SSSR count). The van der Waals surface area contributed by atoms with Crippen LogP contribution in [0.5, 0.6) is 0 Å². The van der Waals surface area contributed by atoms with Gasteiger partial charge in [-0.05, 0) is 38.0 Å². The molecule has 0 amide bonds. The molecule has 4 nitrogen and oxygen atoms in total. The van der Waals surface area contributed by atoms with Crippen LogP contribution in [0.25, 0.3) is 0 Å². The first-order valence-electron chi connectivity index (χ1n) is 7.19. The van der Waals surface area contributed by atoms with E-state index in [0.717, 1.165) is 12.0 Å². The normalized spacial score (nSPS) is 12.9. The summed E-state index contributed by atoms with van der Waals surface area (Å²) >= 11 is 0. The Kier molecular flexibility index (Phi) is 6.41. The maximum atomic E-state index is 12.9. The van der Waals surface area contributed by atoms with Gasteiger partial charge < -0.3 is 5.73 Å². The van der Waals surface area contributed by atoms with Crippen LogP contribution in [0.15, 0.2) is 23.1 Å². The second-order valence-electron chi connectivity index (χ2n) is 4.97. The first-order chi connectivity index (χ1) is 9.88. The summed E-state index contributed by atoms with van der Waals surface area (Å²) in [5, 5.41) is 0. The van der Waals surface area contributed by atoms with Gasteiger partial charge in [-0.15, -0.1) is 0 Å². The molecule has 1 aromatic carbocycles. The molecule has 2 N–H and O–H groups in total. The number of rotatable bonds is 5. The van der Waals surface area contributed by atoms with Crippen LogP contribution in [0, 0.1) is 18.8 Å². The maximum Gasteiger partial charge on any atom is 0.244 e. The van der Waals surface area contributed by atoms with Gasteiger partial charge in [-0.25, -0.2) is 8.42 Å². The van der Waals surface area contributed by atoms with Crippen LogP contribution in [-0.2, 0) is 10.0 Å². The Bertz CT molecular complexity index is 642. The third kappa shape index (κ3) is 4.07. The Morgan fingerprint density at radius 1 is 1.33 bits per heavy atom. The molecule has 0 aliphatic heterocycles. The number of benzene rings is 1. The molecule has 1 aromatic rings. The summed E-state index contributed by atoms with van der Waals surface area (Å²) in [6.07, 6.45) is 0.767. The Morgan fingerprint density at radius 2 is 2.00 bits per heavy atom. The van der Waals surface area contributed by atoms with Crippen LogP contribution in [-0.4, -0.2) is 31.9 Å². The molecule has 116 valence electrons. The van der Waals surface area contributed by atoms with E-state index in [0.29, 0.717) is 12.1 Å². The van der Waals surface area contributed by atoms with E-state index in [1.807, 2.05) is 27.7 Å². The van der Waals surface area contributed by atoms with Crippen LogP contribution >= 0.6 is 0 Å². The molecule has 0 aliphatic carbocycles. The zero-order chi connectivity index (χ0) is 16.0. The number of hydrogen-bond donors (Lipinski definition) is 1. The van der Waals surface area contributed by atoms with Gasteiger partial charge >= 0.3 is 0 Å². The van der Waals surface area contributed by atoms with E-state index in [2.05, 4.69) is 11.8 Å². The SMILES string of the molecule is CCC(C)N(CC)S(=O)(=O)c1ccc(C)cc1C#CCN. The highest BCUT2D eigenvalue weighted by atomic mass is 32.2. The van der Waals surface area contributed by atoms with E-state index in [1.54, 1.807) is 18.2 Å². The summed E-state index contributed by atoms with van der Waals surface area (Å²) in [6, 6.07) is 5.18. The number of nitrogens with two attached hydrogens (primary N) is 1. The largest absolute Gasteiger partial charge is 0.320 e. The summed E-state index contributed by atoms with van der Waals surface area (Å²) in [5.41, 5.74) is 6.89. The van der Waals surface area contributed by atoms with Gasteiger partial charge in [-0.2, -0.15) is 4.31 Å². The fourth-order valence-corrected chi connectivity index (χ4v) is 4.00. The van der Waals surface area contributed by atoms with Crippen molar-refractivity contribution in [2.75, 3.05) is 13.1 Å². The fraction of sp³-hybridized carbons (Fsp3) is 0.500. The molecular weight excluding hydrogens is 284 g/mol. The van der Waals surface area contributed by atoms with Crippen molar-refractivity contribution in [3.63, 3.8) is 0 Å². The first kappa shape index (κ1) is 17.7. The zero-order valence-electron chi connectivity index (χ0n) is 13.2. The summed E-state index contributed by atoms with van der Waals surface area (Å²) < 4.78 is 27.3. The summed E-state index contributed by atoms with van der Waals surface area (Å²) in [6.45, 7) is 8.30. The molecular formula is C16H24N2O2S. The van der Waals surface area contributed by atoms with E-state index in [1.165, 1.54) is 4.31 Å². The van der Waals surface area contributed by atoms with Gasteiger partial charge in [0, 0.05) is 18.2 Å². The van der Waals surface area contributed by atoms with Crippen molar-refractivity contribution in [3.05, 3.63) is 29.3 Å². The van der Waals surface area contributed by atoms with Gasteiger partial charge in [-0.1, -0.05) is 31.8 Å². The predicted octanol–water partition coefficient (Wildman–Crippen LogP) is 2.11. The average molecular weight is 308 g/mol. The summed E-state index contributed by atoms with van der Waals surface area (Å²) in [5.74, 6) is 5.61. The molecule has 21 heavy (non-hydrogen) atoms. The van der Waals surface area contributed by atoms with Crippen molar-refractivity contribution in [2.24, 2.45) is 5.73 Å². The van der Waals surface area contributed by atoms with Crippen LogP contribution in [0.1, 0.15) is 38.3 Å². The topological polar surface area (TPSA) is 63.4 Å². The lowest BCUT2D eigenvalue weighted by molar-refractivity contribution is 0.342. The van der Waals surface area contributed by atoms with E-state index < -0.39 is 10.0 Å². The molecule has 5 heteroatoms. The fourth-order valence-electron chi connectivity index (χ4n) is 2.16. The van der Waals surface area contributed by atoms with Crippen molar-refractivity contribution in [3.8, 4) is 11.8 Å². The Hall–Kier alpha value is -1.35. The molecule has 0 radical (unpaired) electrons. The van der Waals surface area contributed by atoms with Crippen LogP contribution in [0.2, 0.25) is 0 Å². The number of aryl methyl sites for hydroxylation is 1. The second kappa shape index (κ2) is 7.60. The highest BCUT2D eigenvalue weighted by molar-refractivity contribution is 7.89. The smallest absolute Gasteiger partial charge is 0.244 e. The Balaban J connectivity index is 3.43. The first-order valence-corrected chi connectivity index (χ1v) is 8.63. The van der Waals surface area contributed by atoms with Crippen LogP contribution < -0.4 is 5.73 Å². The van der Waals surface area contributed by atoms with E-state index in [4.69, 9.17) is 5.73 Å². The number of sulfonamides is 1. The third-order valence-electron chi connectivity index (χ3n) is 3.44. The van der Waals surface area contributed by atoms with Gasteiger partial charge in [0.15, 0.2) is 0 Å². The van der Waals surface area contributed by atoms with E-state index >= 15 is 0 Å². The molecule has 0 fully saturated rings. The molecule has 0 spiro atoms. The van der Waals surface area contributed by atoms with Crippen molar-refractivity contribution in [1.29, 1.82) is 0 Å². The van der Waals surface area contributed by atoms with Crippen molar-refractivity contribution < 1.29 is 8.42 Å². The molecule has 0 saturated carbocycles. The molecule has 0 aliphatic rings. The van der Waals surface area contributed by atoms with Gasteiger partial charge in [0.25, 0.3) is 0 Å². The van der Waals surface area contributed by atoms with E-state index in [-0.39, 0.29) is 17.5 Å². The van der Waals surface area contributed by atoms with Crippen molar-refractivity contribution in [2.45, 2.75) is 45.1 Å². The number of hydrogen-bond acceptors (Lipinski definition) is 3. The maximum absolute atomic E-state index is 12.9. The summed E-state index contributed by atoms with van der Waals surface area (Å²) in [7, 11) is -3.55. The third-order valence-corrected chi connectivity index (χ3v) is 5.59. The molecule has 0 aromatic heterocycles. The number of nitrogens with zero attached hydrogens (tertiary/aromatic N) is 1. The highest BCUT2D eigenvalue weighted by Crippen LogP contribution is 2.23. The highest BCUT2D eigenvalue weighted by Gasteiger charge is 2.28. The van der Waals surface area contributed by atoms with E-state index in [9.17, 15) is 8.42 Å². The second-order valence-corrected chi connectivity index (χ2v) is 6.83. The van der Waals surface area contributed by atoms with Gasteiger partial charge in [0.1, 0.15) is 0 Å². The minimum atomic E-state index is -3.55. The van der Waals surface area contributed by atoms with Gasteiger partial charge in [-0.3, -0.25) is 0 Å². The Labute approximate surface area is 128 Å². The minimum Gasteiger partial charge on any atom is -0.320 e. The lowest BCUT2D eigenvalue weighted by Gasteiger charge is -2.26. The molecule has 0 saturated heterocycles. The minimum absolute atomic E-state index is 0.0448. The van der Waals surface area contributed by atoms with Gasteiger partial charge in [0.2, 0.25) is 10.0 Å². The standard InChI is InChI=1S/C16H24N2O2S/c1-5-14(4)18(6-2)21(19,20)16-10-9-13(3)12-15(16)8-7-11-17/h9-10,12,14H,5-6,11,17H2,1-4H3. The summed E-state index contributed by atoms with van der Waals surface area (Å²) in [4.78, 5) is 0.260. The van der Waals surface area contributed by atoms with Gasteiger partial charge in [0.05, 0.1) is 11.4 Å². The zero-order valence-corrected chi connectivity index (χ0v) is 14.0. The monoisotopic (exact) mass is 308 g/mol. The van der Waals surface area contributed by atoms with Crippen LogP contribution in [0.3, 0.4) is 0 Å². The lowest BCUT2D eigenvalue weighted by atomic mass is 10.1. The average Bonchev–Trinajstić information content (AvgIpc) is 2.45. The Morgan fingerprint density at radius 3 is 2.52 bits per heavy atom. The molecule has 0 bridgehead atoms. The van der Waals surface area contributed by atoms with Crippen LogP contribution in [0.4, 0.5) is 0 Å². The lowest BCUT2D eigenvalue weighted by Crippen LogP contribution is -2.38. The predicted molar refractivity (Wildman–Crippen MR) is 86.4 cm³/mol. The van der Waals surface area contributed by atoms with Crippen molar-refractivity contribution >= 4 is 10.0 Å². The molecule has 1 atom stereocenters. The quantitative estimate of drug-likeness (QED) is 0.847. The molecule has 0 heterocycles.